The monoisotopic (exact) mass is 284 g/mol. The third-order valence-electron chi connectivity index (χ3n) is 3.95. The fourth-order valence-corrected chi connectivity index (χ4v) is 2.71. The number of nitrogens with zero attached hydrogens (tertiary/aromatic N) is 1. The number of ether oxygens (including phenoxy) is 1. The van der Waals surface area contributed by atoms with E-state index in [1.165, 1.54) is 32.1 Å². The molecule has 1 saturated carbocycles. The lowest BCUT2D eigenvalue weighted by Gasteiger charge is -2.30. The Bertz CT molecular complexity index is 299. The van der Waals surface area contributed by atoms with Gasteiger partial charge in [-0.25, -0.2) is 4.79 Å². The highest BCUT2D eigenvalue weighted by atomic mass is 16.6. The average Bonchev–Trinajstić information content (AvgIpc) is 2.37. The molecule has 0 heterocycles. The summed E-state index contributed by atoms with van der Waals surface area (Å²) in [5.41, 5.74) is -0.420. The molecule has 0 aromatic rings. The second-order valence-corrected chi connectivity index (χ2v) is 6.99. The van der Waals surface area contributed by atoms with Crippen LogP contribution in [0.4, 0.5) is 4.79 Å². The van der Waals surface area contributed by atoms with Crippen LogP contribution in [0.5, 0.6) is 0 Å². The summed E-state index contributed by atoms with van der Waals surface area (Å²) in [5.74, 6) is 0.879. The normalized spacial score (nSPS) is 23.4. The van der Waals surface area contributed by atoms with Gasteiger partial charge >= 0.3 is 6.09 Å². The molecule has 2 atom stereocenters. The van der Waals surface area contributed by atoms with Crippen LogP contribution in [-0.2, 0) is 4.74 Å². The first kappa shape index (κ1) is 17.3. The minimum atomic E-state index is -0.420. The molecule has 4 heteroatoms. The zero-order valence-corrected chi connectivity index (χ0v) is 13.9. The zero-order valence-electron chi connectivity index (χ0n) is 13.9. The average molecular weight is 284 g/mol. The van der Waals surface area contributed by atoms with Gasteiger partial charge in [-0.15, -0.1) is 0 Å². The highest BCUT2D eigenvalue weighted by Gasteiger charge is 2.21. The molecular weight excluding hydrogens is 252 g/mol. The van der Waals surface area contributed by atoms with Crippen LogP contribution in [0.3, 0.4) is 0 Å². The minimum Gasteiger partial charge on any atom is -0.444 e. The number of hydrogen-bond donors (Lipinski definition) is 1. The first-order valence-corrected chi connectivity index (χ1v) is 7.99. The van der Waals surface area contributed by atoms with Crippen molar-refractivity contribution in [3.63, 3.8) is 0 Å². The highest BCUT2D eigenvalue weighted by Crippen LogP contribution is 2.26. The summed E-state index contributed by atoms with van der Waals surface area (Å²) in [6.45, 7) is 9.50. The molecule has 118 valence electrons. The summed E-state index contributed by atoms with van der Waals surface area (Å²) in [4.78, 5) is 13.5. The predicted octanol–water partition coefficient (Wildman–Crippen LogP) is 3.41. The van der Waals surface area contributed by atoms with Crippen LogP contribution < -0.4 is 5.32 Å². The second-order valence-electron chi connectivity index (χ2n) is 6.99. The molecule has 0 aliphatic heterocycles. The summed E-state index contributed by atoms with van der Waals surface area (Å²) in [6, 6.07) is 0.626. The van der Waals surface area contributed by atoms with Gasteiger partial charge in [0.15, 0.2) is 0 Å². The summed E-state index contributed by atoms with van der Waals surface area (Å²) >= 11 is 0. The molecule has 1 amide bonds. The van der Waals surface area contributed by atoms with Crippen molar-refractivity contribution in [3.8, 4) is 0 Å². The zero-order chi connectivity index (χ0) is 15.2. The Morgan fingerprint density at radius 3 is 2.65 bits per heavy atom. The SMILES string of the molecule is CCC1CCCC(NCCN(C)C(=O)OC(C)(C)C)C1. The Morgan fingerprint density at radius 1 is 1.35 bits per heavy atom. The molecule has 0 aromatic heterocycles. The molecule has 0 spiro atoms. The van der Waals surface area contributed by atoms with E-state index in [0.717, 1.165) is 12.5 Å². The molecule has 20 heavy (non-hydrogen) atoms. The van der Waals surface area contributed by atoms with Gasteiger partial charge in [-0.2, -0.15) is 0 Å². The number of carbonyl (C=O) groups is 1. The number of carbonyl (C=O) groups excluding carboxylic acids is 1. The largest absolute Gasteiger partial charge is 0.444 e. The van der Waals surface area contributed by atoms with E-state index in [2.05, 4.69) is 12.2 Å². The van der Waals surface area contributed by atoms with Crippen molar-refractivity contribution in [1.82, 2.24) is 10.2 Å². The van der Waals surface area contributed by atoms with E-state index in [0.29, 0.717) is 12.6 Å². The van der Waals surface area contributed by atoms with E-state index in [-0.39, 0.29) is 6.09 Å². The molecular formula is C16H32N2O2. The van der Waals surface area contributed by atoms with Crippen LogP contribution >= 0.6 is 0 Å². The number of hydrogen-bond acceptors (Lipinski definition) is 3. The van der Waals surface area contributed by atoms with Gasteiger partial charge in [0, 0.05) is 26.2 Å². The van der Waals surface area contributed by atoms with Gasteiger partial charge in [-0.3, -0.25) is 0 Å². The standard InChI is InChI=1S/C16H32N2O2/c1-6-13-8-7-9-14(12-13)17-10-11-18(5)15(19)20-16(2,3)4/h13-14,17H,6-12H2,1-5H3. The van der Waals surface area contributed by atoms with Crippen LogP contribution in [0.15, 0.2) is 0 Å². The second kappa shape index (κ2) is 7.87. The van der Waals surface area contributed by atoms with Crippen LogP contribution in [-0.4, -0.2) is 42.8 Å². The van der Waals surface area contributed by atoms with Crippen molar-refractivity contribution in [3.05, 3.63) is 0 Å². The van der Waals surface area contributed by atoms with E-state index >= 15 is 0 Å². The maximum Gasteiger partial charge on any atom is 0.410 e. The lowest BCUT2D eigenvalue weighted by atomic mass is 9.84. The van der Waals surface area contributed by atoms with Crippen LogP contribution in [0, 0.1) is 5.92 Å². The van der Waals surface area contributed by atoms with Crippen molar-refractivity contribution < 1.29 is 9.53 Å². The van der Waals surface area contributed by atoms with Crippen molar-refractivity contribution >= 4 is 6.09 Å². The molecule has 1 fully saturated rings. The van der Waals surface area contributed by atoms with Crippen LogP contribution in [0.1, 0.15) is 59.8 Å². The van der Waals surface area contributed by atoms with Gasteiger partial charge in [-0.05, 0) is 39.5 Å². The van der Waals surface area contributed by atoms with Gasteiger partial charge < -0.3 is 15.0 Å². The van der Waals surface area contributed by atoms with Gasteiger partial charge in [0.25, 0.3) is 0 Å². The molecule has 1 N–H and O–H groups in total. The molecule has 0 bridgehead atoms. The molecule has 1 rings (SSSR count). The number of amides is 1. The third-order valence-corrected chi connectivity index (χ3v) is 3.95. The third kappa shape index (κ3) is 6.60. The summed E-state index contributed by atoms with van der Waals surface area (Å²) in [7, 11) is 1.80. The van der Waals surface area contributed by atoms with Crippen molar-refractivity contribution in [2.45, 2.75) is 71.4 Å². The van der Waals surface area contributed by atoms with Crippen molar-refractivity contribution in [2.24, 2.45) is 5.92 Å². The maximum absolute atomic E-state index is 11.8. The molecule has 2 unspecified atom stereocenters. The fraction of sp³-hybridized carbons (Fsp3) is 0.938. The number of rotatable bonds is 5. The van der Waals surface area contributed by atoms with Gasteiger partial charge in [0.05, 0.1) is 0 Å². The van der Waals surface area contributed by atoms with Crippen molar-refractivity contribution in [1.29, 1.82) is 0 Å². The maximum atomic E-state index is 11.8. The predicted molar refractivity (Wildman–Crippen MR) is 82.9 cm³/mol. The van der Waals surface area contributed by atoms with Gasteiger partial charge in [0.1, 0.15) is 5.60 Å². The summed E-state index contributed by atoms with van der Waals surface area (Å²) in [5, 5.41) is 3.59. The van der Waals surface area contributed by atoms with E-state index in [9.17, 15) is 4.79 Å². The Morgan fingerprint density at radius 2 is 2.05 bits per heavy atom. The Hall–Kier alpha value is -0.770. The lowest BCUT2D eigenvalue weighted by molar-refractivity contribution is 0.0298. The summed E-state index contributed by atoms with van der Waals surface area (Å²) in [6.07, 6.45) is 6.31. The van der Waals surface area contributed by atoms with Gasteiger partial charge in [-0.1, -0.05) is 26.2 Å². The first-order valence-electron chi connectivity index (χ1n) is 7.99. The Kier molecular flexibility index (Phi) is 6.80. The van der Waals surface area contributed by atoms with Gasteiger partial charge in [0.2, 0.25) is 0 Å². The minimum absolute atomic E-state index is 0.241. The van der Waals surface area contributed by atoms with E-state index in [1.54, 1.807) is 11.9 Å². The highest BCUT2D eigenvalue weighted by molar-refractivity contribution is 5.67. The van der Waals surface area contributed by atoms with E-state index in [4.69, 9.17) is 4.74 Å². The number of nitrogens with one attached hydrogen (secondary N) is 1. The Labute approximate surface area is 124 Å². The lowest BCUT2D eigenvalue weighted by Crippen LogP contribution is -2.41. The number of likely N-dealkylation sites (N-methyl/N-ethyl adjacent to an activating group) is 1. The molecule has 1 aliphatic rings. The quantitative estimate of drug-likeness (QED) is 0.841. The smallest absolute Gasteiger partial charge is 0.410 e. The molecule has 0 aromatic carbocycles. The van der Waals surface area contributed by atoms with Crippen molar-refractivity contribution in [2.75, 3.05) is 20.1 Å². The molecule has 4 nitrogen and oxygen atoms in total. The molecule has 1 aliphatic carbocycles. The fourth-order valence-electron chi connectivity index (χ4n) is 2.71. The molecule has 0 radical (unpaired) electrons. The van der Waals surface area contributed by atoms with Crippen LogP contribution in [0.2, 0.25) is 0 Å². The van der Waals surface area contributed by atoms with E-state index < -0.39 is 5.60 Å². The van der Waals surface area contributed by atoms with Crippen LogP contribution in [0.25, 0.3) is 0 Å². The summed E-state index contributed by atoms with van der Waals surface area (Å²) < 4.78 is 5.34. The first-order chi connectivity index (χ1) is 9.31. The molecule has 0 saturated heterocycles. The van der Waals surface area contributed by atoms with E-state index in [1.807, 2.05) is 20.8 Å². The topological polar surface area (TPSA) is 41.6 Å². The Balaban J connectivity index is 2.21.